The Morgan fingerprint density at radius 2 is 1.93 bits per heavy atom. The van der Waals surface area contributed by atoms with Crippen LogP contribution in [0.4, 0.5) is 5.13 Å². The maximum atomic E-state index is 12.5. The molecule has 0 saturated carbocycles. The molecule has 10 heteroatoms. The van der Waals surface area contributed by atoms with E-state index in [4.69, 9.17) is 21.1 Å². The van der Waals surface area contributed by atoms with Crippen LogP contribution in [0.3, 0.4) is 0 Å². The van der Waals surface area contributed by atoms with Gasteiger partial charge in [-0.25, -0.2) is 13.4 Å². The third kappa shape index (κ3) is 5.18. The van der Waals surface area contributed by atoms with E-state index in [-0.39, 0.29) is 4.90 Å². The summed E-state index contributed by atoms with van der Waals surface area (Å²) in [6, 6.07) is 11.5. The van der Waals surface area contributed by atoms with Crippen molar-refractivity contribution in [3.8, 4) is 5.75 Å². The van der Waals surface area contributed by atoms with Crippen LogP contribution in [0.5, 0.6) is 5.75 Å². The van der Waals surface area contributed by atoms with Gasteiger partial charge < -0.3 is 9.47 Å². The van der Waals surface area contributed by atoms with Crippen LogP contribution in [0.25, 0.3) is 10.2 Å². The summed E-state index contributed by atoms with van der Waals surface area (Å²) >= 11 is 7.09. The predicted octanol–water partition coefficient (Wildman–Crippen LogP) is 3.46. The molecule has 1 aliphatic heterocycles. The third-order valence-electron chi connectivity index (χ3n) is 4.49. The molecule has 0 unspecified atom stereocenters. The molecule has 1 aromatic heterocycles. The molecule has 2 heterocycles. The van der Waals surface area contributed by atoms with E-state index in [9.17, 15) is 8.42 Å². The highest BCUT2D eigenvalue weighted by Crippen LogP contribution is 2.30. The van der Waals surface area contributed by atoms with Crippen LogP contribution < -0.4 is 9.46 Å². The molecule has 0 radical (unpaired) electrons. The zero-order valence-corrected chi connectivity index (χ0v) is 17.9. The minimum atomic E-state index is -3.72. The molecular weight excluding hydrogens is 434 g/mol. The number of rotatable bonds is 7. The molecule has 2 aromatic carbocycles. The van der Waals surface area contributed by atoms with Crippen LogP contribution in [0.15, 0.2) is 47.4 Å². The fourth-order valence-electron chi connectivity index (χ4n) is 2.94. The molecule has 154 valence electrons. The number of fused-ring (bicyclic) bond motifs is 1. The summed E-state index contributed by atoms with van der Waals surface area (Å²) < 4.78 is 39.6. The highest BCUT2D eigenvalue weighted by molar-refractivity contribution is 7.93. The van der Waals surface area contributed by atoms with E-state index in [0.29, 0.717) is 22.3 Å². The molecule has 1 saturated heterocycles. The molecular formula is C19H20ClN3O4S2. The van der Waals surface area contributed by atoms with Gasteiger partial charge in [0.25, 0.3) is 10.0 Å². The number of halogens is 1. The summed E-state index contributed by atoms with van der Waals surface area (Å²) in [4.78, 5) is 6.80. The fourth-order valence-corrected chi connectivity index (χ4v) is 5.20. The lowest BCUT2D eigenvalue weighted by Gasteiger charge is -2.26. The van der Waals surface area contributed by atoms with E-state index in [0.717, 1.165) is 43.3 Å². The van der Waals surface area contributed by atoms with Crippen molar-refractivity contribution in [1.29, 1.82) is 0 Å². The Hall–Kier alpha value is -1.91. The van der Waals surface area contributed by atoms with E-state index in [2.05, 4.69) is 14.6 Å². The van der Waals surface area contributed by atoms with Crippen molar-refractivity contribution < 1.29 is 17.9 Å². The lowest BCUT2D eigenvalue weighted by molar-refractivity contribution is 0.0322. The standard InChI is InChI=1S/C19H20ClN3O4S2/c20-14-1-4-16(5-2-14)29(24,25)22-19-21-17-6-3-15(13-18(17)28-19)27-12-9-23-7-10-26-11-8-23/h1-6,13H,7-12H2,(H,21,22). The lowest BCUT2D eigenvalue weighted by Crippen LogP contribution is -2.38. The second kappa shape index (κ2) is 8.85. The summed E-state index contributed by atoms with van der Waals surface area (Å²) in [5, 5.41) is 0.783. The Labute approximate surface area is 178 Å². The number of benzene rings is 2. The number of anilines is 1. The van der Waals surface area contributed by atoms with Crippen LogP contribution in [0.1, 0.15) is 0 Å². The zero-order valence-electron chi connectivity index (χ0n) is 15.5. The maximum absolute atomic E-state index is 12.5. The van der Waals surface area contributed by atoms with Gasteiger partial charge in [-0.05, 0) is 42.5 Å². The Bertz CT molecular complexity index is 1080. The molecule has 3 aromatic rings. The summed E-state index contributed by atoms with van der Waals surface area (Å²) in [5.74, 6) is 0.738. The molecule has 7 nitrogen and oxygen atoms in total. The largest absolute Gasteiger partial charge is 0.492 e. The maximum Gasteiger partial charge on any atom is 0.263 e. The Balaban J connectivity index is 1.41. The van der Waals surface area contributed by atoms with Crippen molar-refractivity contribution >= 4 is 48.3 Å². The average Bonchev–Trinajstić information content (AvgIpc) is 3.10. The SMILES string of the molecule is O=S(=O)(Nc1nc2ccc(OCCN3CCOCC3)cc2s1)c1ccc(Cl)cc1. The number of aromatic nitrogens is 1. The van der Waals surface area contributed by atoms with E-state index >= 15 is 0 Å². The molecule has 4 rings (SSSR count). The van der Waals surface area contributed by atoms with Crippen molar-refractivity contribution in [1.82, 2.24) is 9.88 Å². The second-order valence-electron chi connectivity index (χ2n) is 6.51. The minimum absolute atomic E-state index is 0.133. The second-order valence-corrected chi connectivity index (χ2v) is 9.66. The Kier molecular flexibility index (Phi) is 6.21. The lowest BCUT2D eigenvalue weighted by atomic mass is 10.3. The number of hydrogen-bond donors (Lipinski definition) is 1. The molecule has 1 aliphatic rings. The van der Waals surface area contributed by atoms with Crippen LogP contribution in [0, 0.1) is 0 Å². The number of morpholine rings is 1. The summed E-state index contributed by atoms with van der Waals surface area (Å²) in [5.41, 5.74) is 0.712. The van der Waals surface area contributed by atoms with Gasteiger partial charge in [0.2, 0.25) is 0 Å². The highest BCUT2D eigenvalue weighted by Gasteiger charge is 2.17. The molecule has 0 aliphatic carbocycles. The van der Waals surface area contributed by atoms with Gasteiger partial charge in [-0.3, -0.25) is 9.62 Å². The van der Waals surface area contributed by atoms with E-state index < -0.39 is 10.0 Å². The first-order chi connectivity index (χ1) is 14.0. The zero-order chi connectivity index (χ0) is 20.3. The number of ether oxygens (including phenoxy) is 2. The number of nitrogens with one attached hydrogen (secondary N) is 1. The first-order valence-electron chi connectivity index (χ1n) is 9.11. The van der Waals surface area contributed by atoms with Gasteiger partial charge in [0.15, 0.2) is 5.13 Å². The van der Waals surface area contributed by atoms with Crippen molar-refractivity contribution in [3.05, 3.63) is 47.5 Å². The fraction of sp³-hybridized carbons (Fsp3) is 0.316. The van der Waals surface area contributed by atoms with Crippen molar-refractivity contribution in [3.63, 3.8) is 0 Å². The summed E-state index contributed by atoms with van der Waals surface area (Å²) in [7, 11) is -3.72. The molecule has 0 spiro atoms. The third-order valence-corrected chi connectivity index (χ3v) is 7.16. The van der Waals surface area contributed by atoms with Gasteiger partial charge in [-0.1, -0.05) is 22.9 Å². The minimum Gasteiger partial charge on any atom is -0.492 e. The number of hydrogen-bond acceptors (Lipinski definition) is 7. The number of thiazole rings is 1. The van der Waals surface area contributed by atoms with Gasteiger partial charge in [0.05, 0.1) is 28.3 Å². The van der Waals surface area contributed by atoms with Gasteiger partial charge in [0, 0.05) is 24.7 Å². The van der Waals surface area contributed by atoms with Gasteiger partial charge in [-0.2, -0.15) is 0 Å². The molecule has 1 N–H and O–H groups in total. The Morgan fingerprint density at radius 1 is 1.17 bits per heavy atom. The molecule has 0 atom stereocenters. The van der Waals surface area contributed by atoms with Gasteiger partial charge in [0.1, 0.15) is 12.4 Å². The topological polar surface area (TPSA) is 80.8 Å². The first-order valence-corrected chi connectivity index (χ1v) is 11.8. The number of sulfonamides is 1. The van der Waals surface area contributed by atoms with Crippen LogP contribution in [0.2, 0.25) is 5.02 Å². The number of nitrogens with zero attached hydrogens (tertiary/aromatic N) is 2. The van der Waals surface area contributed by atoms with E-state index in [1.165, 1.54) is 35.6 Å². The van der Waals surface area contributed by atoms with Crippen molar-refractivity contribution in [2.24, 2.45) is 0 Å². The molecule has 1 fully saturated rings. The monoisotopic (exact) mass is 453 g/mol. The smallest absolute Gasteiger partial charge is 0.263 e. The quantitative estimate of drug-likeness (QED) is 0.590. The predicted molar refractivity (Wildman–Crippen MR) is 115 cm³/mol. The van der Waals surface area contributed by atoms with Gasteiger partial charge in [-0.15, -0.1) is 0 Å². The van der Waals surface area contributed by atoms with Crippen molar-refractivity contribution in [2.75, 3.05) is 44.2 Å². The van der Waals surface area contributed by atoms with Gasteiger partial charge >= 0.3 is 0 Å². The summed E-state index contributed by atoms with van der Waals surface area (Å²) in [6.45, 7) is 4.81. The molecule has 0 amide bonds. The van der Waals surface area contributed by atoms with E-state index in [1.807, 2.05) is 18.2 Å². The average molecular weight is 454 g/mol. The highest BCUT2D eigenvalue weighted by atomic mass is 35.5. The van der Waals surface area contributed by atoms with Crippen LogP contribution in [-0.4, -0.2) is 57.8 Å². The van der Waals surface area contributed by atoms with E-state index in [1.54, 1.807) is 0 Å². The molecule has 0 bridgehead atoms. The van der Waals surface area contributed by atoms with Crippen molar-refractivity contribution in [2.45, 2.75) is 4.90 Å². The first kappa shape index (κ1) is 20.4. The van der Waals surface area contributed by atoms with Crippen LogP contribution >= 0.6 is 22.9 Å². The molecule has 29 heavy (non-hydrogen) atoms. The van der Waals surface area contributed by atoms with Crippen LogP contribution in [-0.2, 0) is 14.8 Å². The normalized spacial score (nSPS) is 15.5. The Morgan fingerprint density at radius 3 is 2.69 bits per heavy atom. The summed E-state index contributed by atoms with van der Waals surface area (Å²) in [6.07, 6.45) is 0.